The van der Waals surface area contributed by atoms with Crippen molar-refractivity contribution in [3.63, 3.8) is 0 Å². The van der Waals surface area contributed by atoms with Crippen molar-refractivity contribution < 1.29 is 9.47 Å². The van der Waals surface area contributed by atoms with E-state index in [1.165, 1.54) is 31.6 Å². The van der Waals surface area contributed by atoms with Gasteiger partial charge in [0.2, 0.25) is 6.79 Å². The number of nitrogens with zero attached hydrogens (tertiary/aromatic N) is 1. The minimum Gasteiger partial charge on any atom is -0.454 e. The van der Waals surface area contributed by atoms with Crippen molar-refractivity contribution in [2.75, 3.05) is 33.0 Å². The molecule has 2 unspecified atom stereocenters. The molecule has 1 aromatic rings. The Bertz CT molecular complexity index is 464. The average molecular weight is 276 g/mol. The van der Waals surface area contributed by atoms with Crippen molar-refractivity contribution in [1.29, 1.82) is 0 Å². The molecule has 2 aliphatic heterocycles. The van der Waals surface area contributed by atoms with E-state index in [4.69, 9.17) is 9.47 Å². The van der Waals surface area contributed by atoms with E-state index in [0.717, 1.165) is 24.0 Å². The highest BCUT2D eigenvalue weighted by atomic mass is 16.7. The van der Waals surface area contributed by atoms with Gasteiger partial charge in [-0.3, -0.25) is 0 Å². The first-order valence-corrected chi connectivity index (χ1v) is 7.61. The second kappa shape index (κ2) is 6.02. The molecular weight excluding hydrogens is 252 g/mol. The first kappa shape index (κ1) is 13.7. The molecule has 2 aliphatic rings. The van der Waals surface area contributed by atoms with Gasteiger partial charge in [-0.2, -0.15) is 0 Å². The fourth-order valence-corrected chi connectivity index (χ4v) is 3.01. The highest BCUT2D eigenvalue weighted by Gasteiger charge is 2.22. The molecule has 3 rings (SSSR count). The summed E-state index contributed by atoms with van der Waals surface area (Å²) in [5.41, 5.74) is 1.26. The molecule has 2 atom stereocenters. The summed E-state index contributed by atoms with van der Waals surface area (Å²) in [5, 5.41) is 3.65. The summed E-state index contributed by atoms with van der Waals surface area (Å²) in [6.07, 6.45) is 1.31. The van der Waals surface area contributed by atoms with Crippen molar-refractivity contribution in [2.24, 2.45) is 5.92 Å². The second-order valence-electron chi connectivity index (χ2n) is 5.79. The third-order valence-corrected chi connectivity index (χ3v) is 4.43. The number of likely N-dealkylation sites (tertiary alicyclic amines) is 1. The summed E-state index contributed by atoms with van der Waals surface area (Å²) in [7, 11) is 0. The summed E-state index contributed by atoms with van der Waals surface area (Å²) < 4.78 is 10.8. The van der Waals surface area contributed by atoms with Crippen LogP contribution < -0.4 is 14.8 Å². The Labute approximate surface area is 121 Å². The Hall–Kier alpha value is -1.26. The van der Waals surface area contributed by atoms with Gasteiger partial charge < -0.3 is 19.7 Å². The van der Waals surface area contributed by atoms with E-state index in [9.17, 15) is 0 Å². The average Bonchev–Trinajstić information content (AvgIpc) is 3.12. The monoisotopic (exact) mass is 276 g/mol. The van der Waals surface area contributed by atoms with Crippen molar-refractivity contribution in [2.45, 2.75) is 26.3 Å². The molecule has 1 saturated heterocycles. The largest absolute Gasteiger partial charge is 0.454 e. The van der Waals surface area contributed by atoms with E-state index in [1.807, 2.05) is 6.07 Å². The predicted molar refractivity (Wildman–Crippen MR) is 79.2 cm³/mol. The Morgan fingerprint density at radius 1 is 1.35 bits per heavy atom. The van der Waals surface area contributed by atoms with Crippen molar-refractivity contribution in [3.05, 3.63) is 23.8 Å². The van der Waals surface area contributed by atoms with Gasteiger partial charge in [-0.05, 0) is 56.6 Å². The molecule has 0 bridgehead atoms. The summed E-state index contributed by atoms with van der Waals surface area (Å²) in [6.45, 7) is 9.55. The lowest BCUT2D eigenvalue weighted by atomic mass is 10.1. The Morgan fingerprint density at radius 3 is 3.00 bits per heavy atom. The standard InChI is InChI=1S/C16H24N2O2/c1-3-18-7-6-13(10-18)9-17-12(2)14-4-5-15-16(8-14)20-11-19-15/h4-5,8,12-13,17H,3,6-7,9-11H2,1-2H3. The lowest BCUT2D eigenvalue weighted by molar-refractivity contribution is 0.174. The van der Waals surface area contributed by atoms with E-state index in [2.05, 4.69) is 36.2 Å². The van der Waals surface area contributed by atoms with Crippen molar-refractivity contribution >= 4 is 0 Å². The summed E-state index contributed by atoms with van der Waals surface area (Å²) >= 11 is 0. The van der Waals surface area contributed by atoms with Crippen LogP contribution in [0.2, 0.25) is 0 Å². The minimum atomic E-state index is 0.343. The van der Waals surface area contributed by atoms with Crippen LogP contribution in [0.4, 0.5) is 0 Å². The van der Waals surface area contributed by atoms with Crippen LogP contribution in [0.3, 0.4) is 0 Å². The van der Waals surface area contributed by atoms with Crippen LogP contribution >= 0.6 is 0 Å². The van der Waals surface area contributed by atoms with Gasteiger partial charge in [-0.25, -0.2) is 0 Å². The van der Waals surface area contributed by atoms with Gasteiger partial charge in [0, 0.05) is 12.6 Å². The Kier molecular flexibility index (Phi) is 4.13. The molecule has 0 aliphatic carbocycles. The molecule has 20 heavy (non-hydrogen) atoms. The van der Waals surface area contributed by atoms with Crippen LogP contribution in [0, 0.1) is 5.92 Å². The molecule has 1 fully saturated rings. The molecule has 4 heteroatoms. The molecule has 0 radical (unpaired) electrons. The molecule has 0 saturated carbocycles. The number of benzene rings is 1. The number of hydrogen-bond donors (Lipinski definition) is 1. The van der Waals surface area contributed by atoms with Crippen LogP contribution in [0.15, 0.2) is 18.2 Å². The van der Waals surface area contributed by atoms with Crippen LogP contribution in [-0.4, -0.2) is 37.9 Å². The predicted octanol–water partition coefficient (Wildman–Crippen LogP) is 2.41. The summed E-state index contributed by atoms with van der Waals surface area (Å²) in [5.74, 6) is 2.51. The van der Waals surface area contributed by atoms with Gasteiger partial charge in [0.15, 0.2) is 11.5 Å². The van der Waals surface area contributed by atoms with Gasteiger partial charge in [-0.1, -0.05) is 13.0 Å². The number of hydrogen-bond acceptors (Lipinski definition) is 4. The number of ether oxygens (including phenoxy) is 2. The topological polar surface area (TPSA) is 33.7 Å². The zero-order valence-corrected chi connectivity index (χ0v) is 12.4. The minimum absolute atomic E-state index is 0.343. The normalized spacial score (nSPS) is 23.2. The molecule has 4 nitrogen and oxygen atoms in total. The molecule has 0 aromatic heterocycles. The quantitative estimate of drug-likeness (QED) is 0.895. The maximum atomic E-state index is 5.44. The summed E-state index contributed by atoms with van der Waals surface area (Å²) in [4.78, 5) is 2.53. The Morgan fingerprint density at radius 2 is 2.20 bits per heavy atom. The SMILES string of the molecule is CCN1CCC(CNC(C)c2ccc3c(c2)OCO3)C1. The highest BCUT2D eigenvalue weighted by molar-refractivity contribution is 5.45. The molecule has 2 heterocycles. The lowest BCUT2D eigenvalue weighted by Gasteiger charge is -2.18. The zero-order chi connectivity index (χ0) is 13.9. The van der Waals surface area contributed by atoms with Crippen LogP contribution in [0.1, 0.15) is 31.9 Å². The van der Waals surface area contributed by atoms with E-state index in [-0.39, 0.29) is 0 Å². The number of fused-ring (bicyclic) bond motifs is 1. The third-order valence-electron chi connectivity index (χ3n) is 4.43. The molecule has 1 aromatic carbocycles. The van der Waals surface area contributed by atoms with Crippen LogP contribution in [-0.2, 0) is 0 Å². The molecule has 0 amide bonds. The van der Waals surface area contributed by atoms with Crippen LogP contribution in [0.5, 0.6) is 11.5 Å². The molecule has 1 N–H and O–H groups in total. The first-order valence-electron chi connectivity index (χ1n) is 7.61. The number of nitrogens with one attached hydrogen (secondary N) is 1. The first-order chi connectivity index (χ1) is 9.76. The third kappa shape index (κ3) is 2.91. The zero-order valence-electron chi connectivity index (χ0n) is 12.4. The van der Waals surface area contributed by atoms with Gasteiger partial charge in [0.1, 0.15) is 0 Å². The van der Waals surface area contributed by atoms with Gasteiger partial charge in [0.25, 0.3) is 0 Å². The van der Waals surface area contributed by atoms with E-state index >= 15 is 0 Å². The van der Waals surface area contributed by atoms with Crippen LogP contribution in [0.25, 0.3) is 0 Å². The maximum absolute atomic E-state index is 5.44. The molecular formula is C16H24N2O2. The maximum Gasteiger partial charge on any atom is 0.231 e. The van der Waals surface area contributed by atoms with Crippen molar-refractivity contribution in [3.8, 4) is 11.5 Å². The highest BCUT2D eigenvalue weighted by Crippen LogP contribution is 2.34. The van der Waals surface area contributed by atoms with Gasteiger partial charge in [-0.15, -0.1) is 0 Å². The smallest absolute Gasteiger partial charge is 0.231 e. The van der Waals surface area contributed by atoms with E-state index < -0.39 is 0 Å². The van der Waals surface area contributed by atoms with Gasteiger partial charge in [0.05, 0.1) is 0 Å². The molecule has 0 spiro atoms. The number of rotatable bonds is 5. The van der Waals surface area contributed by atoms with E-state index in [1.54, 1.807) is 0 Å². The Balaban J connectivity index is 1.53. The lowest BCUT2D eigenvalue weighted by Crippen LogP contribution is -2.28. The van der Waals surface area contributed by atoms with E-state index in [0.29, 0.717) is 12.8 Å². The molecule has 110 valence electrons. The fourth-order valence-electron chi connectivity index (χ4n) is 3.01. The van der Waals surface area contributed by atoms with Crippen molar-refractivity contribution in [1.82, 2.24) is 10.2 Å². The second-order valence-corrected chi connectivity index (χ2v) is 5.79. The fraction of sp³-hybridized carbons (Fsp3) is 0.625. The summed E-state index contributed by atoms with van der Waals surface area (Å²) in [6, 6.07) is 6.57. The van der Waals surface area contributed by atoms with Gasteiger partial charge >= 0.3 is 0 Å².